The Morgan fingerprint density at radius 2 is 2.38 bits per heavy atom. The van der Waals surface area contributed by atoms with E-state index in [1.807, 2.05) is 25.1 Å². The predicted molar refractivity (Wildman–Crippen MR) is 63.2 cm³/mol. The maximum absolute atomic E-state index is 8.83. The number of nitrogens with zero attached hydrogens (tertiary/aromatic N) is 2. The Morgan fingerprint density at radius 3 is 3.06 bits per heavy atom. The molecule has 1 aliphatic rings. The summed E-state index contributed by atoms with van der Waals surface area (Å²) in [6.45, 7) is 3.99. The second-order valence-corrected chi connectivity index (χ2v) is 3.98. The molecule has 1 fully saturated rings. The van der Waals surface area contributed by atoms with Crippen molar-refractivity contribution < 1.29 is 4.74 Å². The summed E-state index contributed by atoms with van der Waals surface area (Å²) in [4.78, 5) is 2.13. The fourth-order valence-corrected chi connectivity index (χ4v) is 1.79. The van der Waals surface area contributed by atoms with Crippen LogP contribution in [0.25, 0.3) is 0 Å². The molecule has 4 heteroatoms. The zero-order chi connectivity index (χ0) is 11.5. The first-order chi connectivity index (χ1) is 7.70. The molecule has 1 aliphatic heterocycles. The molecule has 0 bridgehead atoms. The van der Waals surface area contributed by atoms with Gasteiger partial charge in [0.1, 0.15) is 0 Å². The monoisotopic (exact) mass is 217 g/mol. The van der Waals surface area contributed by atoms with Crippen LogP contribution in [0.3, 0.4) is 0 Å². The summed E-state index contributed by atoms with van der Waals surface area (Å²) in [5.41, 5.74) is 8.80. The van der Waals surface area contributed by atoms with Crippen LogP contribution < -0.4 is 10.6 Å². The second kappa shape index (κ2) is 4.42. The minimum Gasteiger partial charge on any atom is -0.398 e. The highest BCUT2D eigenvalue weighted by atomic mass is 16.5. The maximum atomic E-state index is 8.83. The average molecular weight is 217 g/mol. The molecule has 1 atom stereocenters. The molecule has 2 N–H and O–H groups in total. The Kier molecular flexibility index (Phi) is 2.97. The molecule has 4 nitrogen and oxygen atoms in total. The topological polar surface area (TPSA) is 62.3 Å². The van der Waals surface area contributed by atoms with Gasteiger partial charge in [-0.15, -0.1) is 0 Å². The normalized spacial score (nSPS) is 20.5. The fraction of sp³-hybridized carbons (Fsp3) is 0.417. The van der Waals surface area contributed by atoms with Crippen LogP contribution in [0.1, 0.15) is 5.56 Å². The van der Waals surface area contributed by atoms with E-state index in [0.29, 0.717) is 13.2 Å². The summed E-state index contributed by atoms with van der Waals surface area (Å²) in [6, 6.07) is 8.12. The van der Waals surface area contributed by atoms with Crippen LogP contribution >= 0.6 is 0 Å². The summed E-state index contributed by atoms with van der Waals surface area (Å²) < 4.78 is 5.30. The van der Waals surface area contributed by atoms with Crippen molar-refractivity contribution >= 4 is 11.4 Å². The van der Waals surface area contributed by atoms with Gasteiger partial charge in [-0.05, 0) is 24.6 Å². The molecule has 0 aromatic heterocycles. The molecule has 1 aromatic rings. The summed E-state index contributed by atoms with van der Waals surface area (Å²) >= 11 is 0. The third-order valence-corrected chi connectivity index (χ3v) is 2.84. The molecule has 2 rings (SSSR count). The first kappa shape index (κ1) is 10.8. The van der Waals surface area contributed by atoms with Crippen LogP contribution in [0.2, 0.25) is 0 Å². The molecule has 1 saturated heterocycles. The standard InChI is InChI=1S/C12H15N3O/c1-9-2-3-10(6-12(9)14)15-4-5-16-11(7-13)8-15/h2-3,6,11H,4-5,8,14H2,1H3. The molecule has 0 saturated carbocycles. The van der Waals surface area contributed by atoms with Gasteiger partial charge in [0.15, 0.2) is 6.10 Å². The highest BCUT2D eigenvalue weighted by Gasteiger charge is 2.20. The van der Waals surface area contributed by atoms with Crippen LogP contribution in [-0.4, -0.2) is 25.8 Å². The molecule has 16 heavy (non-hydrogen) atoms. The van der Waals surface area contributed by atoms with E-state index in [9.17, 15) is 0 Å². The quantitative estimate of drug-likeness (QED) is 0.720. The van der Waals surface area contributed by atoms with Crippen molar-refractivity contribution in [1.82, 2.24) is 0 Å². The van der Waals surface area contributed by atoms with E-state index in [4.69, 9.17) is 15.7 Å². The number of nitrogen functional groups attached to an aromatic ring is 1. The molecule has 84 valence electrons. The van der Waals surface area contributed by atoms with E-state index in [-0.39, 0.29) is 6.10 Å². The SMILES string of the molecule is Cc1ccc(N2CCOC(C#N)C2)cc1N. The first-order valence-electron chi connectivity index (χ1n) is 5.33. The van der Waals surface area contributed by atoms with Crippen LogP contribution in [0.15, 0.2) is 18.2 Å². The van der Waals surface area contributed by atoms with E-state index < -0.39 is 0 Å². The number of aryl methyl sites for hydroxylation is 1. The van der Waals surface area contributed by atoms with Crippen molar-refractivity contribution in [2.45, 2.75) is 13.0 Å². The lowest BCUT2D eigenvalue weighted by molar-refractivity contribution is 0.0764. The second-order valence-electron chi connectivity index (χ2n) is 3.98. The lowest BCUT2D eigenvalue weighted by Gasteiger charge is -2.31. The van der Waals surface area contributed by atoms with Gasteiger partial charge < -0.3 is 15.4 Å². The fourth-order valence-electron chi connectivity index (χ4n) is 1.79. The van der Waals surface area contributed by atoms with Gasteiger partial charge in [-0.2, -0.15) is 5.26 Å². The minimum absolute atomic E-state index is 0.337. The lowest BCUT2D eigenvalue weighted by Crippen LogP contribution is -2.41. The van der Waals surface area contributed by atoms with Gasteiger partial charge in [0.05, 0.1) is 19.2 Å². The van der Waals surface area contributed by atoms with E-state index in [1.165, 1.54) is 0 Å². The van der Waals surface area contributed by atoms with Gasteiger partial charge in [-0.25, -0.2) is 0 Å². The maximum Gasteiger partial charge on any atom is 0.161 e. The molecule has 0 spiro atoms. The highest BCUT2D eigenvalue weighted by molar-refractivity contribution is 5.60. The number of morpholine rings is 1. The summed E-state index contributed by atoms with van der Waals surface area (Å²) in [6.07, 6.45) is -0.337. The number of ether oxygens (including phenoxy) is 1. The van der Waals surface area contributed by atoms with Crippen molar-refractivity contribution in [1.29, 1.82) is 5.26 Å². The molecular formula is C12H15N3O. The highest BCUT2D eigenvalue weighted by Crippen LogP contribution is 2.22. The van der Waals surface area contributed by atoms with Crippen LogP contribution in [0, 0.1) is 18.3 Å². The van der Waals surface area contributed by atoms with Gasteiger partial charge in [0.25, 0.3) is 0 Å². The Balaban J connectivity index is 2.17. The van der Waals surface area contributed by atoms with E-state index >= 15 is 0 Å². The number of benzene rings is 1. The molecule has 1 unspecified atom stereocenters. The van der Waals surface area contributed by atoms with Gasteiger partial charge in [-0.1, -0.05) is 6.07 Å². The number of anilines is 2. The number of rotatable bonds is 1. The van der Waals surface area contributed by atoms with Crippen molar-refractivity contribution in [3.05, 3.63) is 23.8 Å². The van der Waals surface area contributed by atoms with Gasteiger partial charge >= 0.3 is 0 Å². The van der Waals surface area contributed by atoms with Crippen molar-refractivity contribution in [2.75, 3.05) is 30.3 Å². The molecular weight excluding hydrogens is 202 g/mol. The van der Waals surface area contributed by atoms with Gasteiger partial charge in [-0.3, -0.25) is 0 Å². The number of hydrogen-bond acceptors (Lipinski definition) is 4. The number of nitrogens with two attached hydrogens (primary N) is 1. The third-order valence-electron chi connectivity index (χ3n) is 2.84. The first-order valence-corrected chi connectivity index (χ1v) is 5.33. The summed E-state index contributed by atoms with van der Waals surface area (Å²) in [5, 5.41) is 8.83. The Labute approximate surface area is 95.2 Å². The molecule has 0 amide bonds. The Morgan fingerprint density at radius 1 is 1.56 bits per heavy atom. The molecule has 0 aliphatic carbocycles. The van der Waals surface area contributed by atoms with Gasteiger partial charge in [0.2, 0.25) is 0 Å². The largest absolute Gasteiger partial charge is 0.398 e. The number of hydrogen-bond donors (Lipinski definition) is 1. The van der Waals surface area contributed by atoms with Crippen LogP contribution in [0.4, 0.5) is 11.4 Å². The van der Waals surface area contributed by atoms with Gasteiger partial charge in [0, 0.05) is 17.9 Å². The zero-order valence-corrected chi connectivity index (χ0v) is 9.31. The Hall–Kier alpha value is -1.73. The minimum atomic E-state index is -0.337. The molecule has 0 radical (unpaired) electrons. The summed E-state index contributed by atoms with van der Waals surface area (Å²) in [5.74, 6) is 0. The Bertz CT molecular complexity index is 425. The van der Waals surface area contributed by atoms with Crippen molar-refractivity contribution in [2.24, 2.45) is 0 Å². The third kappa shape index (κ3) is 2.10. The molecule has 1 heterocycles. The van der Waals surface area contributed by atoms with Crippen molar-refractivity contribution in [3.63, 3.8) is 0 Å². The van der Waals surface area contributed by atoms with Crippen LogP contribution in [-0.2, 0) is 4.74 Å². The van der Waals surface area contributed by atoms with E-state index in [1.54, 1.807) is 0 Å². The van der Waals surface area contributed by atoms with E-state index in [0.717, 1.165) is 23.5 Å². The number of nitriles is 1. The predicted octanol–water partition coefficient (Wildman–Crippen LogP) is 1.31. The van der Waals surface area contributed by atoms with Crippen molar-refractivity contribution in [3.8, 4) is 6.07 Å². The molecule has 1 aromatic carbocycles. The summed E-state index contributed by atoms with van der Waals surface area (Å²) in [7, 11) is 0. The smallest absolute Gasteiger partial charge is 0.161 e. The average Bonchev–Trinajstić information content (AvgIpc) is 2.33. The lowest BCUT2D eigenvalue weighted by atomic mass is 10.1. The zero-order valence-electron chi connectivity index (χ0n) is 9.31. The van der Waals surface area contributed by atoms with Crippen LogP contribution in [0.5, 0.6) is 0 Å². The van der Waals surface area contributed by atoms with E-state index in [2.05, 4.69) is 11.0 Å².